The number of nitrogens with zero attached hydrogens (tertiary/aromatic N) is 2. The van der Waals surface area contributed by atoms with Crippen molar-refractivity contribution in [1.82, 2.24) is 15.1 Å². The van der Waals surface area contributed by atoms with E-state index < -0.39 is 11.7 Å². The van der Waals surface area contributed by atoms with Gasteiger partial charge < -0.3 is 9.64 Å². The van der Waals surface area contributed by atoms with E-state index in [9.17, 15) is 13.2 Å². The van der Waals surface area contributed by atoms with E-state index in [2.05, 4.69) is 22.0 Å². The molecule has 156 valence electrons. The maximum Gasteiger partial charge on any atom is 0.416 e. The van der Waals surface area contributed by atoms with Gasteiger partial charge in [-0.2, -0.15) is 18.3 Å². The summed E-state index contributed by atoms with van der Waals surface area (Å²) in [6.45, 7) is 7.59. The highest BCUT2D eigenvalue weighted by Crippen LogP contribution is 2.36. The first-order valence-corrected chi connectivity index (χ1v) is 9.88. The van der Waals surface area contributed by atoms with Crippen LogP contribution in [0, 0.1) is 0 Å². The first kappa shape index (κ1) is 22.3. The number of halogens is 3. The van der Waals surface area contributed by atoms with E-state index in [0.717, 1.165) is 49.9 Å². The smallest absolute Gasteiger partial charge is 0.416 e. The van der Waals surface area contributed by atoms with Crippen LogP contribution in [0.15, 0.2) is 24.4 Å². The van der Waals surface area contributed by atoms with Crippen LogP contribution in [-0.2, 0) is 12.7 Å². The fraction of sp³-hybridized carbons (Fsp3) is 0.571. The summed E-state index contributed by atoms with van der Waals surface area (Å²) in [5, 5.41) is 6.94. The third kappa shape index (κ3) is 5.99. The Kier molecular flexibility index (Phi) is 7.92. The largest absolute Gasteiger partial charge is 0.490 e. The van der Waals surface area contributed by atoms with Crippen LogP contribution in [0.2, 0.25) is 0 Å². The second-order valence-electron chi connectivity index (χ2n) is 7.16. The van der Waals surface area contributed by atoms with Gasteiger partial charge in [-0.3, -0.25) is 5.10 Å². The van der Waals surface area contributed by atoms with E-state index in [1.165, 1.54) is 0 Å². The molecule has 28 heavy (non-hydrogen) atoms. The number of alkyl halides is 3. The zero-order chi connectivity index (χ0) is 20.7. The first-order valence-electron chi connectivity index (χ1n) is 9.88. The number of benzene rings is 1. The van der Waals surface area contributed by atoms with Gasteiger partial charge in [-0.05, 0) is 51.1 Å². The molecule has 0 saturated heterocycles. The molecule has 0 radical (unpaired) electrons. The van der Waals surface area contributed by atoms with Crippen LogP contribution < -0.4 is 4.74 Å². The van der Waals surface area contributed by atoms with Gasteiger partial charge >= 0.3 is 6.18 Å². The minimum absolute atomic E-state index is 0.113. The van der Waals surface area contributed by atoms with Gasteiger partial charge in [-0.25, -0.2) is 0 Å². The summed E-state index contributed by atoms with van der Waals surface area (Å²) in [6, 6.07) is 3.89. The highest BCUT2D eigenvalue weighted by Gasteiger charge is 2.32. The van der Waals surface area contributed by atoms with Crippen molar-refractivity contribution in [3.05, 3.63) is 35.5 Å². The number of H-pyrrole nitrogens is 1. The van der Waals surface area contributed by atoms with Crippen molar-refractivity contribution in [2.45, 2.75) is 65.3 Å². The van der Waals surface area contributed by atoms with Crippen molar-refractivity contribution >= 4 is 0 Å². The minimum atomic E-state index is -4.44. The Balaban J connectivity index is 2.38. The molecule has 2 aromatic rings. The predicted molar refractivity (Wildman–Crippen MR) is 105 cm³/mol. The number of ether oxygens (including phenoxy) is 1. The van der Waals surface area contributed by atoms with Crippen molar-refractivity contribution in [3.8, 4) is 17.0 Å². The van der Waals surface area contributed by atoms with E-state index in [4.69, 9.17) is 4.74 Å². The summed E-state index contributed by atoms with van der Waals surface area (Å²) >= 11 is 0. The van der Waals surface area contributed by atoms with Crippen molar-refractivity contribution in [2.24, 2.45) is 0 Å². The summed E-state index contributed by atoms with van der Waals surface area (Å²) in [5.74, 6) is 0.235. The van der Waals surface area contributed by atoms with Crippen molar-refractivity contribution < 1.29 is 17.9 Å². The molecule has 0 unspecified atom stereocenters. The van der Waals surface area contributed by atoms with Crippen molar-refractivity contribution in [2.75, 3.05) is 13.6 Å². The number of aromatic amines is 1. The molecule has 4 nitrogen and oxygen atoms in total. The van der Waals surface area contributed by atoms with Gasteiger partial charge in [-0.1, -0.05) is 27.2 Å². The molecule has 0 saturated carbocycles. The number of aromatic nitrogens is 2. The molecule has 1 aromatic carbocycles. The lowest BCUT2D eigenvalue weighted by molar-refractivity contribution is -0.137. The van der Waals surface area contributed by atoms with E-state index in [0.29, 0.717) is 17.8 Å². The number of hydrogen-bond acceptors (Lipinski definition) is 3. The van der Waals surface area contributed by atoms with E-state index in [1.807, 2.05) is 20.9 Å². The molecule has 0 atom stereocenters. The minimum Gasteiger partial charge on any atom is -0.490 e. The Labute approximate surface area is 165 Å². The molecule has 0 spiro atoms. The van der Waals surface area contributed by atoms with Crippen LogP contribution in [-0.4, -0.2) is 34.8 Å². The van der Waals surface area contributed by atoms with E-state index >= 15 is 0 Å². The highest BCUT2D eigenvalue weighted by atomic mass is 19.4. The second kappa shape index (κ2) is 9.96. The van der Waals surface area contributed by atoms with Gasteiger partial charge in [0.05, 0.1) is 23.6 Å². The van der Waals surface area contributed by atoms with Crippen LogP contribution >= 0.6 is 0 Å². The molecule has 7 heteroatoms. The number of hydrogen-bond donors (Lipinski definition) is 1. The molecule has 0 aliphatic rings. The molecule has 1 N–H and O–H groups in total. The molecule has 0 fully saturated rings. The molecule has 1 heterocycles. The van der Waals surface area contributed by atoms with Gasteiger partial charge in [0, 0.05) is 17.7 Å². The number of nitrogens with one attached hydrogen (secondary N) is 1. The predicted octanol–water partition coefficient (Wildman–Crippen LogP) is 5.89. The lowest BCUT2D eigenvalue weighted by atomic mass is 10.0. The molecule has 0 aliphatic heterocycles. The van der Waals surface area contributed by atoms with Crippen molar-refractivity contribution in [3.63, 3.8) is 0 Å². The van der Waals surface area contributed by atoms with Crippen LogP contribution in [0.1, 0.15) is 57.6 Å². The molecular weight excluding hydrogens is 367 g/mol. The lowest BCUT2D eigenvalue weighted by Crippen LogP contribution is -2.19. The Hall–Kier alpha value is -2.02. The third-order valence-electron chi connectivity index (χ3n) is 4.79. The summed E-state index contributed by atoms with van der Waals surface area (Å²) in [6.07, 6.45) is 0.754. The Morgan fingerprint density at radius 1 is 1.14 bits per heavy atom. The topological polar surface area (TPSA) is 41.2 Å². The molecular formula is C21H30F3N3O. The molecule has 0 amide bonds. The lowest BCUT2D eigenvalue weighted by Gasteiger charge is -2.19. The number of rotatable bonds is 10. The summed E-state index contributed by atoms with van der Waals surface area (Å²) < 4.78 is 46.2. The van der Waals surface area contributed by atoms with E-state index in [1.54, 1.807) is 12.3 Å². The van der Waals surface area contributed by atoms with E-state index in [-0.39, 0.29) is 11.9 Å². The maximum absolute atomic E-state index is 13.5. The Bertz CT molecular complexity index is 739. The number of unbranched alkanes of at least 4 members (excludes halogenated alkanes) is 1. The third-order valence-corrected chi connectivity index (χ3v) is 4.79. The SMILES string of the molecule is CCCCN(C)Cc1cn[nH]c1-c1cc(OC(CC)CC)cc(C(F)(F)F)c1. The average molecular weight is 397 g/mol. The van der Waals surface area contributed by atoms with Crippen LogP contribution in [0.25, 0.3) is 11.3 Å². The summed E-state index contributed by atoms with van der Waals surface area (Å²) in [4.78, 5) is 2.15. The molecule has 0 bridgehead atoms. The zero-order valence-corrected chi connectivity index (χ0v) is 17.1. The monoisotopic (exact) mass is 397 g/mol. The van der Waals surface area contributed by atoms with Crippen LogP contribution in [0.3, 0.4) is 0 Å². The highest BCUT2D eigenvalue weighted by molar-refractivity contribution is 5.66. The van der Waals surface area contributed by atoms with Crippen LogP contribution in [0.4, 0.5) is 13.2 Å². The van der Waals surface area contributed by atoms with Crippen LogP contribution in [0.5, 0.6) is 5.75 Å². The van der Waals surface area contributed by atoms with Gasteiger partial charge in [0.2, 0.25) is 0 Å². The van der Waals surface area contributed by atoms with Gasteiger partial charge in [-0.15, -0.1) is 0 Å². The first-order chi connectivity index (χ1) is 13.3. The van der Waals surface area contributed by atoms with Gasteiger partial charge in [0.25, 0.3) is 0 Å². The zero-order valence-electron chi connectivity index (χ0n) is 17.1. The normalized spacial score (nSPS) is 12.2. The maximum atomic E-state index is 13.5. The Morgan fingerprint density at radius 2 is 1.86 bits per heavy atom. The molecule has 1 aromatic heterocycles. The van der Waals surface area contributed by atoms with Gasteiger partial charge in [0.15, 0.2) is 0 Å². The Morgan fingerprint density at radius 3 is 2.46 bits per heavy atom. The fourth-order valence-electron chi connectivity index (χ4n) is 3.10. The average Bonchev–Trinajstić information content (AvgIpc) is 3.11. The second-order valence-corrected chi connectivity index (χ2v) is 7.16. The summed E-state index contributed by atoms with van der Waals surface area (Å²) in [5.41, 5.74) is 1.19. The molecule has 0 aliphatic carbocycles. The fourth-order valence-corrected chi connectivity index (χ4v) is 3.10. The van der Waals surface area contributed by atoms with Gasteiger partial charge in [0.1, 0.15) is 5.75 Å². The molecule has 2 rings (SSSR count). The summed E-state index contributed by atoms with van der Waals surface area (Å²) in [7, 11) is 2.00. The van der Waals surface area contributed by atoms with Crippen molar-refractivity contribution in [1.29, 1.82) is 0 Å². The standard InChI is InChI=1S/C21H30F3N3O/c1-5-8-9-27(4)14-16-13-25-26-20(16)15-10-17(21(22,23)24)12-19(11-15)28-18(6-2)7-3/h10-13,18H,5-9,14H2,1-4H3,(H,25,26). The quantitative estimate of drug-likeness (QED) is 0.543.